The molecule has 2 rings (SSSR count). The van der Waals surface area contributed by atoms with E-state index >= 15 is 0 Å². The molecule has 1 aromatic rings. The van der Waals surface area contributed by atoms with Gasteiger partial charge in [0.2, 0.25) is 5.95 Å². The number of carbonyl (C=O) groups excluding carboxylic acids is 1. The van der Waals surface area contributed by atoms with E-state index in [1.807, 2.05) is 0 Å². The maximum atomic E-state index is 13.1. The number of ether oxygens (including phenoxy) is 1. The second kappa shape index (κ2) is 7.78. The van der Waals surface area contributed by atoms with Crippen LogP contribution in [0.25, 0.3) is 0 Å². The third-order valence-corrected chi connectivity index (χ3v) is 4.32. The van der Waals surface area contributed by atoms with Gasteiger partial charge in [-0.2, -0.15) is 18.2 Å². The third kappa shape index (κ3) is 5.07. The lowest BCUT2D eigenvalue weighted by Gasteiger charge is -2.41. The molecule has 1 amide bonds. The van der Waals surface area contributed by atoms with Gasteiger partial charge in [-0.3, -0.25) is 0 Å². The zero-order chi connectivity index (χ0) is 21.4. The van der Waals surface area contributed by atoms with Gasteiger partial charge in [0.1, 0.15) is 16.6 Å². The van der Waals surface area contributed by atoms with Crippen LogP contribution in [0.3, 0.4) is 0 Å². The first kappa shape index (κ1) is 22.3. The standard InChI is InChI=1S/C16H23ClF3N5O3/c1-8-7-24(14(27)28-15(2,3)4)5-6-25(8)12-9(10(26)16(18,19)20)11(17)22-13(21)23-12/h8,10,26H,5-7H2,1-4H3,(H2,21,22,23)/t8-,10?/m0/s1. The number of aromatic nitrogens is 2. The lowest BCUT2D eigenvalue weighted by molar-refractivity contribution is -0.206. The molecule has 1 fully saturated rings. The van der Waals surface area contributed by atoms with E-state index in [1.165, 1.54) is 9.80 Å². The van der Waals surface area contributed by atoms with Gasteiger partial charge >= 0.3 is 12.3 Å². The molecule has 0 saturated carbocycles. The molecule has 8 nitrogen and oxygen atoms in total. The smallest absolute Gasteiger partial charge is 0.418 e. The fourth-order valence-electron chi connectivity index (χ4n) is 2.83. The summed E-state index contributed by atoms with van der Waals surface area (Å²) >= 11 is 5.85. The number of alkyl halides is 3. The Hall–Kier alpha value is -2.01. The second-order valence-corrected chi connectivity index (χ2v) is 7.88. The van der Waals surface area contributed by atoms with Crippen LogP contribution in [0.2, 0.25) is 5.15 Å². The van der Waals surface area contributed by atoms with Gasteiger partial charge in [0.15, 0.2) is 6.10 Å². The van der Waals surface area contributed by atoms with Crippen molar-refractivity contribution < 1.29 is 27.8 Å². The lowest BCUT2D eigenvalue weighted by atomic mass is 10.1. The Kier molecular flexibility index (Phi) is 6.19. The molecule has 28 heavy (non-hydrogen) atoms. The molecule has 0 aliphatic carbocycles. The summed E-state index contributed by atoms with van der Waals surface area (Å²) in [6.07, 6.45) is -8.35. The number of aliphatic hydroxyl groups excluding tert-OH is 1. The van der Waals surface area contributed by atoms with E-state index in [0.29, 0.717) is 0 Å². The van der Waals surface area contributed by atoms with E-state index in [4.69, 9.17) is 22.1 Å². The first-order chi connectivity index (χ1) is 12.7. The normalized spacial score (nSPS) is 19.5. The Morgan fingerprint density at radius 1 is 1.32 bits per heavy atom. The van der Waals surface area contributed by atoms with E-state index in [1.54, 1.807) is 27.7 Å². The largest absolute Gasteiger partial charge is 0.444 e. The molecule has 0 aromatic carbocycles. The van der Waals surface area contributed by atoms with Gasteiger partial charge < -0.3 is 25.4 Å². The SMILES string of the molecule is C[C@H]1CN(C(=O)OC(C)(C)C)CCN1c1nc(N)nc(Cl)c1C(O)C(F)(F)F. The minimum absolute atomic E-state index is 0.144. The Morgan fingerprint density at radius 2 is 1.93 bits per heavy atom. The number of nitrogens with zero attached hydrogens (tertiary/aromatic N) is 4. The number of halogens is 4. The third-order valence-electron chi connectivity index (χ3n) is 4.03. The number of aliphatic hydroxyl groups is 1. The van der Waals surface area contributed by atoms with Crippen molar-refractivity contribution in [3.8, 4) is 0 Å². The van der Waals surface area contributed by atoms with Crippen molar-refractivity contribution in [1.29, 1.82) is 0 Å². The number of amides is 1. The highest BCUT2D eigenvalue weighted by Crippen LogP contribution is 2.40. The van der Waals surface area contributed by atoms with Crippen molar-refractivity contribution in [2.75, 3.05) is 30.3 Å². The number of rotatable bonds is 2. The Morgan fingerprint density at radius 3 is 2.43 bits per heavy atom. The molecule has 0 spiro atoms. The van der Waals surface area contributed by atoms with Gasteiger partial charge in [-0.1, -0.05) is 11.6 Å². The zero-order valence-electron chi connectivity index (χ0n) is 15.9. The molecule has 2 atom stereocenters. The summed E-state index contributed by atoms with van der Waals surface area (Å²) in [6.45, 7) is 7.42. The zero-order valence-corrected chi connectivity index (χ0v) is 16.7. The molecular formula is C16H23ClF3N5O3. The van der Waals surface area contributed by atoms with E-state index in [-0.39, 0.29) is 31.4 Å². The minimum Gasteiger partial charge on any atom is -0.444 e. The van der Waals surface area contributed by atoms with Crippen LogP contribution in [0.15, 0.2) is 0 Å². The van der Waals surface area contributed by atoms with Gasteiger partial charge in [0.05, 0.1) is 5.56 Å². The van der Waals surface area contributed by atoms with Crippen LogP contribution in [-0.2, 0) is 4.74 Å². The minimum atomic E-state index is -4.96. The summed E-state index contributed by atoms with van der Waals surface area (Å²) < 4.78 is 44.6. The molecule has 1 aromatic heterocycles. The molecule has 0 radical (unpaired) electrons. The average Bonchev–Trinajstić information content (AvgIpc) is 2.51. The summed E-state index contributed by atoms with van der Waals surface area (Å²) in [5.41, 5.74) is 4.22. The van der Waals surface area contributed by atoms with Gasteiger partial charge in [-0.15, -0.1) is 0 Å². The lowest BCUT2D eigenvalue weighted by Crippen LogP contribution is -2.55. The Labute approximate surface area is 165 Å². The summed E-state index contributed by atoms with van der Waals surface area (Å²) in [5.74, 6) is -0.529. The van der Waals surface area contributed by atoms with Gasteiger partial charge in [-0.25, -0.2) is 9.78 Å². The van der Waals surface area contributed by atoms with E-state index < -0.39 is 40.7 Å². The monoisotopic (exact) mass is 425 g/mol. The first-order valence-corrected chi connectivity index (χ1v) is 8.90. The molecule has 1 aliphatic heterocycles. The fraction of sp³-hybridized carbons (Fsp3) is 0.688. The van der Waals surface area contributed by atoms with Crippen molar-refractivity contribution in [3.63, 3.8) is 0 Å². The van der Waals surface area contributed by atoms with Crippen molar-refractivity contribution in [1.82, 2.24) is 14.9 Å². The molecular weight excluding hydrogens is 403 g/mol. The number of nitrogen functional groups attached to an aromatic ring is 1. The number of piperazine rings is 1. The summed E-state index contributed by atoms with van der Waals surface area (Å²) in [6, 6.07) is -0.439. The molecule has 12 heteroatoms. The highest BCUT2D eigenvalue weighted by molar-refractivity contribution is 6.30. The predicted octanol–water partition coefficient (Wildman–Crippen LogP) is 2.75. The number of anilines is 2. The van der Waals surface area contributed by atoms with Gasteiger partial charge in [0, 0.05) is 25.7 Å². The van der Waals surface area contributed by atoms with Crippen LogP contribution in [0.5, 0.6) is 0 Å². The molecule has 3 N–H and O–H groups in total. The fourth-order valence-corrected chi connectivity index (χ4v) is 3.10. The van der Waals surface area contributed by atoms with Crippen molar-refractivity contribution in [3.05, 3.63) is 10.7 Å². The van der Waals surface area contributed by atoms with Crippen LogP contribution in [0, 0.1) is 0 Å². The van der Waals surface area contributed by atoms with Crippen molar-refractivity contribution >= 4 is 29.5 Å². The van der Waals surface area contributed by atoms with Crippen molar-refractivity contribution in [2.45, 2.75) is 51.6 Å². The highest BCUT2D eigenvalue weighted by Gasteiger charge is 2.44. The second-order valence-electron chi connectivity index (χ2n) is 7.52. The maximum Gasteiger partial charge on any atom is 0.418 e. The average molecular weight is 426 g/mol. The van der Waals surface area contributed by atoms with Crippen LogP contribution < -0.4 is 10.6 Å². The maximum absolute atomic E-state index is 13.1. The molecule has 158 valence electrons. The van der Waals surface area contributed by atoms with Crippen LogP contribution in [0.1, 0.15) is 39.4 Å². The van der Waals surface area contributed by atoms with Crippen molar-refractivity contribution in [2.24, 2.45) is 0 Å². The number of hydrogen-bond acceptors (Lipinski definition) is 7. The summed E-state index contributed by atoms with van der Waals surface area (Å²) in [5, 5.41) is 9.18. The quantitative estimate of drug-likeness (QED) is 0.702. The molecule has 0 bridgehead atoms. The molecule has 1 aliphatic rings. The van der Waals surface area contributed by atoms with Crippen LogP contribution in [-0.4, -0.2) is 63.5 Å². The Bertz CT molecular complexity index is 741. The number of carbonyl (C=O) groups is 1. The molecule has 1 saturated heterocycles. The summed E-state index contributed by atoms with van der Waals surface area (Å²) in [7, 11) is 0. The molecule has 2 heterocycles. The van der Waals surface area contributed by atoms with E-state index in [2.05, 4.69) is 9.97 Å². The number of nitrogens with two attached hydrogens (primary N) is 1. The van der Waals surface area contributed by atoms with Crippen LogP contribution >= 0.6 is 11.6 Å². The topological polar surface area (TPSA) is 105 Å². The van der Waals surface area contributed by atoms with Gasteiger partial charge in [-0.05, 0) is 27.7 Å². The van der Waals surface area contributed by atoms with Crippen LogP contribution in [0.4, 0.5) is 29.7 Å². The van der Waals surface area contributed by atoms with E-state index in [9.17, 15) is 23.1 Å². The molecule has 1 unspecified atom stereocenters. The Balaban J connectivity index is 2.31. The highest BCUT2D eigenvalue weighted by atomic mass is 35.5. The van der Waals surface area contributed by atoms with Gasteiger partial charge in [0.25, 0.3) is 0 Å². The van der Waals surface area contributed by atoms with E-state index in [0.717, 1.165) is 0 Å². The number of hydrogen-bond donors (Lipinski definition) is 2. The first-order valence-electron chi connectivity index (χ1n) is 8.53. The summed E-state index contributed by atoms with van der Waals surface area (Å²) in [4.78, 5) is 22.6. The predicted molar refractivity (Wildman–Crippen MR) is 97.1 cm³/mol.